The Morgan fingerprint density at radius 1 is 1.33 bits per heavy atom. The summed E-state index contributed by atoms with van der Waals surface area (Å²) in [4.78, 5) is 0. The van der Waals surface area contributed by atoms with Crippen LogP contribution in [0.15, 0.2) is 0 Å². The summed E-state index contributed by atoms with van der Waals surface area (Å²) in [6.45, 7) is 1.95. The second-order valence-corrected chi connectivity index (χ2v) is 5.27. The fourth-order valence-corrected chi connectivity index (χ4v) is 3.08. The van der Waals surface area contributed by atoms with Gasteiger partial charge in [0.2, 0.25) is 0 Å². The van der Waals surface area contributed by atoms with E-state index in [0.717, 1.165) is 24.4 Å². The first kappa shape index (κ1) is 8.85. The minimum Gasteiger partial charge on any atom is -0.379 e. The molecule has 12 heavy (non-hydrogen) atoms. The first-order valence-electron chi connectivity index (χ1n) is 4.79. The molecule has 2 N–H and O–H groups in total. The number of ether oxygens (including phenoxy) is 1. The Morgan fingerprint density at radius 3 is 2.67 bits per heavy atom. The molecule has 1 saturated carbocycles. The molecule has 0 amide bonds. The Bertz CT molecular complexity index is 149. The maximum absolute atomic E-state index is 5.84. The standard InChI is InChI=1S/C9H17NOS/c10-8-2-1-7(3-8)6-12-9-4-11-5-9/h7-9H,1-6,10H2. The Labute approximate surface area is 78.2 Å². The third-order valence-corrected chi connectivity index (χ3v) is 4.16. The first-order chi connectivity index (χ1) is 5.84. The Kier molecular flexibility index (Phi) is 2.94. The molecule has 0 aromatic heterocycles. The van der Waals surface area contributed by atoms with Crippen LogP contribution in [0.2, 0.25) is 0 Å². The fourth-order valence-electron chi connectivity index (χ4n) is 1.85. The summed E-state index contributed by atoms with van der Waals surface area (Å²) in [5.41, 5.74) is 5.84. The third-order valence-electron chi connectivity index (χ3n) is 2.76. The van der Waals surface area contributed by atoms with E-state index in [4.69, 9.17) is 10.5 Å². The van der Waals surface area contributed by atoms with Gasteiger partial charge in [-0.05, 0) is 30.9 Å². The van der Waals surface area contributed by atoms with Crippen molar-refractivity contribution in [1.82, 2.24) is 0 Å². The summed E-state index contributed by atoms with van der Waals surface area (Å²) in [6.07, 6.45) is 3.84. The van der Waals surface area contributed by atoms with Gasteiger partial charge in [0.05, 0.1) is 18.5 Å². The number of nitrogens with two attached hydrogens (primary N) is 1. The summed E-state index contributed by atoms with van der Waals surface area (Å²) in [5, 5.41) is 0.793. The van der Waals surface area contributed by atoms with Crippen molar-refractivity contribution in [1.29, 1.82) is 0 Å². The van der Waals surface area contributed by atoms with Crippen LogP contribution in [0, 0.1) is 5.92 Å². The van der Waals surface area contributed by atoms with E-state index in [-0.39, 0.29) is 0 Å². The van der Waals surface area contributed by atoms with Gasteiger partial charge in [-0.2, -0.15) is 11.8 Å². The van der Waals surface area contributed by atoms with Crippen molar-refractivity contribution < 1.29 is 4.74 Å². The van der Waals surface area contributed by atoms with Crippen molar-refractivity contribution in [2.45, 2.75) is 30.6 Å². The van der Waals surface area contributed by atoms with Crippen LogP contribution < -0.4 is 5.73 Å². The number of thioether (sulfide) groups is 1. The molecule has 0 spiro atoms. The topological polar surface area (TPSA) is 35.2 Å². The third kappa shape index (κ3) is 2.15. The average Bonchev–Trinajstić information content (AvgIpc) is 2.32. The van der Waals surface area contributed by atoms with Gasteiger partial charge in [-0.3, -0.25) is 0 Å². The molecule has 0 radical (unpaired) electrons. The van der Waals surface area contributed by atoms with Crippen molar-refractivity contribution in [3.05, 3.63) is 0 Å². The first-order valence-corrected chi connectivity index (χ1v) is 5.84. The lowest BCUT2D eigenvalue weighted by molar-refractivity contribution is 0.0454. The second kappa shape index (κ2) is 3.99. The molecule has 1 heterocycles. The van der Waals surface area contributed by atoms with E-state index in [9.17, 15) is 0 Å². The van der Waals surface area contributed by atoms with Crippen LogP contribution in [-0.2, 0) is 4.74 Å². The van der Waals surface area contributed by atoms with Crippen molar-refractivity contribution in [2.75, 3.05) is 19.0 Å². The van der Waals surface area contributed by atoms with Gasteiger partial charge in [0.25, 0.3) is 0 Å². The lowest BCUT2D eigenvalue weighted by Gasteiger charge is -2.26. The lowest BCUT2D eigenvalue weighted by Crippen LogP contribution is -2.31. The molecule has 3 heteroatoms. The zero-order valence-electron chi connectivity index (χ0n) is 7.37. The highest BCUT2D eigenvalue weighted by atomic mass is 32.2. The highest BCUT2D eigenvalue weighted by Crippen LogP contribution is 2.30. The van der Waals surface area contributed by atoms with E-state index in [1.54, 1.807) is 0 Å². The molecule has 2 atom stereocenters. The molecule has 0 aromatic carbocycles. The molecule has 2 rings (SSSR count). The van der Waals surface area contributed by atoms with Crippen molar-refractivity contribution in [2.24, 2.45) is 11.7 Å². The molecule has 70 valence electrons. The van der Waals surface area contributed by atoms with E-state index >= 15 is 0 Å². The summed E-state index contributed by atoms with van der Waals surface area (Å²) >= 11 is 2.08. The minimum absolute atomic E-state index is 0.494. The second-order valence-electron chi connectivity index (χ2n) is 3.93. The Balaban J connectivity index is 1.60. The van der Waals surface area contributed by atoms with E-state index in [1.807, 2.05) is 0 Å². The van der Waals surface area contributed by atoms with Crippen LogP contribution in [0.25, 0.3) is 0 Å². The van der Waals surface area contributed by atoms with Gasteiger partial charge < -0.3 is 10.5 Å². The van der Waals surface area contributed by atoms with E-state index < -0.39 is 0 Å². The van der Waals surface area contributed by atoms with Crippen molar-refractivity contribution in [3.8, 4) is 0 Å². The predicted octanol–water partition coefficient (Wildman–Crippen LogP) is 1.25. The largest absolute Gasteiger partial charge is 0.379 e. The van der Waals surface area contributed by atoms with Crippen molar-refractivity contribution in [3.63, 3.8) is 0 Å². The molecule has 2 fully saturated rings. The number of hydrogen-bond acceptors (Lipinski definition) is 3. The zero-order chi connectivity index (χ0) is 8.39. The van der Waals surface area contributed by atoms with Crippen molar-refractivity contribution >= 4 is 11.8 Å². The maximum atomic E-state index is 5.84. The highest BCUT2D eigenvalue weighted by Gasteiger charge is 2.25. The van der Waals surface area contributed by atoms with E-state index in [0.29, 0.717) is 6.04 Å². The van der Waals surface area contributed by atoms with Crippen LogP contribution in [0.5, 0.6) is 0 Å². The fraction of sp³-hybridized carbons (Fsp3) is 1.00. The molecular weight excluding hydrogens is 170 g/mol. The molecular formula is C9H17NOS. The molecule has 2 nitrogen and oxygen atoms in total. The van der Waals surface area contributed by atoms with Gasteiger partial charge in [-0.1, -0.05) is 0 Å². The normalized spacial score (nSPS) is 36.8. The van der Waals surface area contributed by atoms with Crippen LogP contribution >= 0.6 is 11.8 Å². The smallest absolute Gasteiger partial charge is 0.0607 e. The Hall–Kier alpha value is 0.270. The molecule has 1 aliphatic heterocycles. The SMILES string of the molecule is NC1CCC(CSC2COC2)C1. The Morgan fingerprint density at radius 2 is 2.17 bits per heavy atom. The van der Waals surface area contributed by atoms with Gasteiger partial charge in [0.15, 0.2) is 0 Å². The van der Waals surface area contributed by atoms with Gasteiger partial charge in [-0.25, -0.2) is 0 Å². The molecule has 1 saturated heterocycles. The quantitative estimate of drug-likeness (QED) is 0.722. The van der Waals surface area contributed by atoms with Crippen LogP contribution in [0.1, 0.15) is 19.3 Å². The molecule has 2 aliphatic rings. The maximum Gasteiger partial charge on any atom is 0.0607 e. The highest BCUT2D eigenvalue weighted by molar-refractivity contribution is 8.00. The molecule has 1 aliphatic carbocycles. The molecule has 2 unspecified atom stereocenters. The van der Waals surface area contributed by atoms with E-state index in [1.165, 1.54) is 25.0 Å². The summed E-state index contributed by atoms with van der Waals surface area (Å²) in [6, 6.07) is 0.494. The van der Waals surface area contributed by atoms with Gasteiger partial charge in [0.1, 0.15) is 0 Å². The summed E-state index contributed by atoms with van der Waals surface area (Å²) < 4.78 is 5.13. The summed E-state index contributed by atoms with van der Waals surface area (Å²) in [7, 11) is 0. The average molecular weight is 187 g/mol. The molecule has 0 bridgehead atoms. The number of rotatable bonds is 3. The number of hydrogen-bond donors (Lipinski definition) is 1. The van der Waals surface area contributed by atoms with E-state index in [2.05, 4.69) is 11.8 Å². The monoisotopic (exact) mass is 187 g/mol. The van der Waals surface area contributed by atoms with Crippen LogP contribution in [-0.4, -0.2) is 30.3 Å². The predicted molar refractivity (Wildman–Crippen MR) is 52.4 cm³/mol. The van der Waals surface area contributed by atoms with Gasteiger partial charge in [-0.15, -0.1) is 0 Å². The van der Waals surface area contributed by atoms with Gasteiger partial charge in [0, 0.05) is 6.04 Å². The van der Waals surface area contributed by atoms with Crippen LogP contribution in [0.3, 0.4) is 0 Å². The lowest BCUT2D eigenvalue weighted by atomic mass is 10.1. The van der Waals surface area contributed by atoms with Gasteiger partial charge >= 0.3 is 0 Å². The minimum atomic E-state index is 0.494. The molecule has 0 aromatic rings. The zero-order valence-corrected chi connectivity index (χ0v) is 8.19. The summed E-state index contributed by atoms with van der Waals surface area (Å²) in [5.74, 6) is 2.20. The van der Waals surface area contributed by atoms with Crippen LogP contribution in [0.4, 0.5) is 0 Å².